The zero-order chi connectivity index (χ0) is 18.4. The highest BCUT2D eigenvalue weighted by atomic mass is 16.3. The lowest BCUT2D eigenvalue weighted by Crippen LogP contribution is -2.25. The molecule has 0 aliphatic carbocycles. The number of rotatable bonds is 6. The number of nitrogens with two attached hydrogens (primary N) is 1. The van der Waals surface area contributed by atoms with Gasteiger partial charge in [-0.05, 0) is 17.5 Å². The molecule has 26 heavy (non-hydrogen) atoms. The molecule has 1 amide bonds. The number of carbonyl (C=O) groups is 1. The van der Waals surface area contributed by atoms with Crippen molar-refractivity contribution in [2.24, 2.45) is 0 Å². The van der Waals surface area contributed by atoms with Crippen molar-refractivity contribution in [3.05, 3.63) is 83.3 Å². The minimum absolute atomic E-state index is 0.0899. The van der Waals surface area contributed by atoms with Crippen LogP contribution in [-0.2, 0) is 19.4 Å². The lowest BCUT2D eigenvalue weighted by molar-refractivity contribution is 0.0942. The maximum Gasteiger partial charge on any atom is 0.274 e. The van der Waals surface area contributed by atoms with Crippen LogP contribution in [0.25, 0.3) is 0 Å². The summed E-state index contributed by atoms with van der Waals surface area (Å²) < 4.78 is 0. The quantitative estimate of drug-likeness (QED) is 0.635. The molecule has 0 unspecified atom stereocenters. The average molecular weight is 348 g/mol. The molecule has 1 heterocycles. The highest BCUT2D eigenvalue weighted by molar-refractivity contribution is 5.96. The average Bonchev–Trinajstić information content (AvgIpc) is 2.68. The Morgan fingerprint density at radius 2 is 1.54 bits per heavy atom. The van der Waals surface area contributed by atoms with E-state index in [9.17, 15) is 9.90 Å². The number of nitrogen functional groups attached to an aromatic ring is 1. The van der Waals surface area contributed by atoms with E-state index >= 15 is 0 Å². The number of nitrogens with zero attached hydrogens (tertiary/aromatic N) is 2. The first-order valence-corrected chi connectivity index (χ1v) is 8.35. The Hall–Kier alpha value is -3.41. The van der Waals surface area contributed by atoms with Crippen LogP contribution in [0.5, 0.6) is 5.75 Å². The van der Waals surface area contributed by atoms with Crippen molar-refractivity contribution in [1.29, 1.82) is 0 Å². The van der Waals surface area contributed by atoms with E-state index in [1.807, 2.05) is 60.7 Å². The molecule has 0 saturated carbocycles. The van der Waals surface area contributed by atoms with E-state index in [1.54, 1.807) is 0 Å². The summed E-state index contributed by atoms with van der Waals surface area (Å²) in [7, 11) is 0. The standard InChI is InChI=1S/C20H20N4O2/c21-19-18(25)17(20(26)22-13-15-9-5-2-6-10-15)23-16(24-19)12-11-14-7-3-1-4-8-14/h1-10,25H,11-13H2,(H,22,26)(H2,21,23,24). The van der Waals surface area contributed by atoms with Gasteiger partial charge < -0.3 is 16.2 Å². The van der Waals surface area contributed by atoms with Crippen LogP contribution in [0.1, 0.15) is 27.4 Å². The van der Waals surface area contributed by atoms with Crippen molar-refractivity contribution in [3.63, 3.8) is 0 Å². The Bertz CT molecular complexity index is 883. The van der Waals surface area contributed by atoms with Crippen molar-refractivity contribution < 1.29 is 9.90 Å². The minimum Gasteiger partial charge on any atom is -0.503 e. The fraction of sp³-hybridized carbons (Fsp3) is 0.150. The summed E-state index contributed by atoms with van der Waals surface area (Å²) in [5.74, 6) is -0.539. The highest BCUT2D eigenvalue weighted by Crippen LogP contribution is 2.22. The molecule has 0 fully saturated rings. The number of amides is 1. The summed E-state index contributed by atoms with van der Waals surface area (Å²) in [6.45, 7) is 0.336. The normalized spacial score (nSPS) is 10.5. The monoisotopic (exact) mass is 348 g/mol. The van der Waals surface area contributed by atoms with E-state index in [0.29, 0.717) is 18.8 Å². The van der Waals surface area contributed by atoms with Gasteiger partial charge in [0.25, 0.3) is 5.91 Å². The predicted molar refractivity (Wildman–Crippen MR) is 99.6 cm³/mol. The first-order valence-electron chi connectivity index (χ1n) is 8.35. The molecule has 0 radical (unpaired) electrons. The van der Waals surface area contributed by atoms with Crippen LogP contribution in [0.3, 0.4) is 0 Å². The molecule has 0 aliphatic rings. The third-order valence-electron chi connectivity index (χ3n) is 3.95. The molecule has 0 atom stereocenters. The van der Waals surface area contributed by atoms with Crippen molar-refractivity contribution >= 4 is 11.7 Å². The molecule has 4 N–H and O–H groups in total. The number of anilines is 1. The van der Waals surface area contributed by atoms with E-state index in [4.69, 9.17) is 5.73 Å². The maximum atomic E-state index is 12.4. The minimum atomic E-state index is -0.485. The number of benzene rings is 2. The lowest BCUT2D eigenvalue weighted by atomic mass is 10.1. The van der Waals surface area contributed by atoms with Crippen molar-refractivity contribution in [3.8, 4) is 5.75 Å². The van der Waals surface area contributed by atoms with Crippen LogP contribution in [0.2, 0.25) is 0 Å². The number of aromatic nitrogens is 2. The molecule has 1 aromatic heterocycles. The van der Waals surface area contributed by atoms with Gasteiger partial charge in [0.1, 0.15) is 5.82 Å². The molecular weight excluding hydrogens is 328 g/mol. The maximum absolute atomic E-state index is 12.4. The molecule has 3 aromatic rings. The zero-order valence-corrected chi connectivity index (χ0v) is 14.2. The molecule has 0 bridgehead atoms. The highest BCUT2D eigenvalue weighted by Gasteiger charge is 2.18. The summed E-state index contributed by atoms with van der Waals surface area (Å²) >= 11 is 0. The largest absolute Gasteiger partial charge is 0.503 e. The van der Waals surface area contributed by atoms with Crippen LogP contribution in [0.15, 0.2) is 60.7 Å². The smallest absolute Gasteiger partial charge is 0.274 e. The van der Waals surface area contributed by atoms with Crippen LogP contribution in [-0.4, -0.2) is 21.0 Å². The Balaban J connectivity index is 1.71. The molecule has 6 heteroatoms. The number of aryl methyl sites for hydroxylation is 2. The second-order valence-electron chi connectivity index (χ2n) is 5.88. The molecule has 0 aliphatic heterocycles. The third-order valence-corrected chi connectivity index (χ3v) is 3.95. The summed E-state index contributed by atoms with van der Waals surface area (Å²) in [5, 5.41) is 12.8. The summed E-state index contributed by atoms with van der Waals surface area (Å²) in [4.78, 5) is 20.7. The second kappa shape index (κ2) is 8.11. The summed E-state index contributed by atoms with van der Waals surface area (Å²) in [5.41, 5.74) is 7.74. The lowest BCUT2D eigenvalue weighted by Gasteiger charge is -2.10. The van der Waals surface area contributed by atoms with Crippen molar-refractivity contribution in [2.75, 3.05) is 5.73 Å². The zero-order valence-electron chi connectivity index (χ0n) is 14.2. The first kappa shape index (κ1) is 17.4. The van der Waals surface area contributed by atoms with E-state index in [2.05, 4.69) is 15.3 Å². The fourth-order valence-electron chi connectivity index (χ4n) is 2.55. The third kappa shape index (κ3) is 4.36. The number of aromatic hydroxyl groups is 1. The molecule has 0 spiro atoms. The van der Waals surface area contributed by atoms with Gasteiger partial charge >= 0.3 is 0 Å². The van der Waals surface area contributed by atoms with Gasteiger partial charge in [0, 0.05) is 13.0 Å². The van der Waals surface area contributed by atoms with Crippen LogP contribution < -0.4 is 11.1 Å². The summed E-state index contributed by atoms with van der Waals surface area (Å²) in [6, 6.07) is 19.4. The molecule has 0 saturated heterocycles. The van der Waals surface area contributed by atoms with Crippen LogP contribution in [0.4, 0.5) is 5.82 Å². The topological polar surface area (TPSA) is 101 Å². The fourth-order valence-corrected chi connectivity index (χ4v) is 2.55. The second-order valence-corrected chi connectivity index (χ2v) is 5.88. The summed E-state index contributed by atoms with van der Waals surface area (Å²) in [6.07, 6.45) is 1.24. The van der Waals surface area contributed by atoms with E-state index < -0.39 is 5.91 Å². The van der Waals surface area contributed by atoms with Gasteiger partial charge in [-0.2, -0.15) is 0 Å². The number of nitrogens with one attached hydrogen (secondary N) is 1. The van der Waals surface area contributed by atoms with Crippen LogP contribution in [0, 0.1) is 0 Å². The Kier molecular flexibility index (Phi) is 5.43. The Labute approximate surface area is 151 Å². The van der Waals surface area contributed by atoms with E-state index in [1.165, 1.54) is 0 Å². The van der Waals surface area contributed by atoms with Crippen molar-refractivity contribution in [2.45, 2.75) is 19.4 Å². The first-order chi connectivity index (χ1) is 12.6. The van der Waals surface area contributed by atoms with Gasteiger partial charge in [-0.1, -0.05) is 60.7 Å². The number of hydrogen-bond donors (Lipinski definition) is 3. The Morgan fingerprint density at radius 1 is 0.923 bits per heavy atom. The van der Waals surface area contributed by atoms with Crippen molar-refractivity contribution in [1.82, 2.24) is 15.3 Å². The molecular formula is C20H20N4O2. The SMILES string of the molecule is Nc1nc(CCc2ccccc2)nc(C(=O)NCc2ccccc2)c1O. The molecule has 132 valence electrons. The van der Waals surface area contributed by atoms with E-state index in [-0.39, 0.29) is 17.3 Å². The number of hydrogen-bond acceptors (Lipinski definition) is 5. The predicted octanol–water partition coefficient (Wildman–Crippen LogP) is 2.48. The van der Waals surface area contributed by atoms with Gasteiger partial charge in [0.15, 0.2) is 17.3 Å². The van der Waals surface area contributed by atoms with Gasteiger partial charge in [0.2, 0.25) is 0 Å². The molecule has 3 rings (SSSR count). The van der Waals surface area contributed by atoms with Crippen LogP contribution >= 0.6 is 0 Å². The Morgan fingerprint density at radius 3 is 2.19 bits per heavy atom. The molecule has 6 nitrogen and oxygen atoms in total. The van der Waals surface area contributed by atoms with Gasteiger partial charge in [-0.15, -0.1) is 0 Å². The van der Waals surface area contributed by atoms with Gasteiger partial charge in [0.05, 0.1) is 0 Å². The molecule has 2 aromatic carbocycles. The van der Waals surface area contributed by atoms with Gasteiger partial charge in [-0.25, -0.2) is 9.97 Å². The number of carbonyl (C=O) groups excluding carboxylic acids is 1. The van der Waals surface area contributed by atoms with Gasteiger partial charge in [-0.3, -0.25) is 4.79 Å². The van der Waals surface area contributed by atoms with E-state index in [0.717, 1.165) is 17.5 Å².